The number of amides is 1. The van der Waals surface area contributed by atoms with Gasteiger partial charge in [0.25, 0.3) is 0 Å². The Balaban J connectivity index is 2.14. The third-order valence-electron chi connectivity index (χ3n) is 1.42. The summed E-state index contributed by atoms with van der Waals surface area (Å²) in [4.78, 5) is 9.88. The number of hydrogen-bond acceptors (Lipinski definition) is 1. The molecule has 0 spiro atoms. The fourth-order valence-electron chi connectivity index (χ4n) is 0.682. The molecule has 8 heavy (non-hydrogen) atoms. The van der Waals surface area contributed by atoms with Gasteiger partial charge in [0.15, 0.2) is 0 Å². The molecule has 0 aromatic rings. The zero-order valence-corrected chi connectivity index (χ0v) is 4.72. The molecule has 0 unspecified atom stereocenters. The van der Waals surface area contributed by atoms with E-state index in [0.717, 1.165) is 6.42 Å². The normalized spacial score (nSPS) is 34.1. The number of hydrogen-bond donors (Lipinski definition) is 2. The molecule has 1 aliphatic carbocycles. The van der Waals surface area contributed by atoms with Gasteiger partial charge in [-0.1, -0.05) is 6.92 Å². The van der Waals surface area contributed by atoms with Gasteiger partial charge < -0.3 is 10.4 Å². The molecule has 2 N–H and O–H groups in total. The number of carboxylic acid groups (broad SMARTS) is 1. The molecule has 0 radical (unpaired) electrons. The Kier molecular flexibility index (Phi) is 1.12. The quantitative estimate of drug-likeness (QED) is 0.527. The van der Waals surface area contributed by atoms with E-state index in [1.165, 1.54) is 0 Å². The van der Waals surface area contributed by atoms with Gasteiger partial charge in [0.1, 0.15) is 0 Å². The second-order valence-corrected chi connectivity index (χ2v) is 2.27. The van der Waals surface area contributed by atoms with Gasteiger partial charge in [0.05, 0.1) is 0 Å². The Morgan fingerprint density at radius 3 is 2.50 bits per heavy atom. The Labute approximate surface area is 47.7 Å². The van der Waals surface area contributed by atoms with Crippen LogP contribution in [0.5, 0.6) is 0 Å². The van der Waals surface area contributed by atoms with Gasteiger partial charge >= 0.3 is 6.09 Å². The minimum Gasteiger partial charge on any atom is -0.465 e. The molecule has 3 heteroatoms. The van der Waals surface area contributed by atoms with Crippen LogP contribution in [0.1, 0.15) is 13.3 Å². The predicted octanol–water partition coefficient (Wildman–Crippen LogP) is 0.662. The molecule has 0 bridgehead atoms. The predicted molar refractivity (Wildman–Crippen MR) is 28.7 cm³/mol. The second kappa shape index (κ2) is 1.65. The van der Waals surface area contributed by atoms with Crippen molar-refractivity contribution in [1.29, 1.82) is 0 Å². The van der Waals surface area contributed by atoms with Crippen LogP contribution in [0.2, 0.25) is 0 Å². The SMILES string of the molecule is C[C@@H]1C[C@H]1NC(=O)O. The van der Waals surface area contributed by atoms with E-state index in [-0.39, 0.29) is 6.04 Å². The van der Waals surface area contributed by atoms with E-state index in [0.29, 0.717) is 5.92 Å². The van der Waals surface area contributed by atoms with Crippen LogP contribution in [0, 0.1) is 5.92 Å². The molecule has 1 saturated carbocycles. The van der Waals surface area contributed by atoms with Crippen LogP contribution >= 0.6 is 0 Å². The molecule has 0 aromatic heterocycles. The van der Waals surface area contributed by atoms with Gasteiger partial charge in [-0.2, -0.15) is 0 Å². The van der Waals surface area contributed by atoms with Crippen molar-refractivity contribution in [3.05, 3.63) is 0 Å². The maximum Gasteiger partial charge on any atom is 0.404 e. The molecular weight excluding hydrogens is 106 g/mol. The molecule has 0 aromatic carbocycles. The molecule has 0 heterocycles. The molecule has 0 saturated heterocycles. The van der Waals surface area contributed by atoms with E-state index in [1.54, 1.807) is 0 Å². The summed E-state index contributed by atoms with van der Waals surface area (Å²) in [6.07, 6.45) is 0.103. The molecule has 1 fully saturated rings. The summed E-state index contributed by atoms with van der Waals surface area (Å²) in [6.45, 7) is 2.03. The van der Waals surface area contributed by atoms with Gasteiger partial charge in [-0.05, 0) is 12.3 Å². The standard InChI is InChI=1S/C5H9NO2/c1-3-2-4(3)6-5(7)8/h3-4,6H,2H2,1H3,(H,7,8)/t3-,4-/m1/s1. The van der Waals surface area contributed by atoms with Crippen LogP contribution in [-0.2, 0) is 0 Å². The average Bonchev–Trinajstić information content (AvgIpc) is 2.17. The van der Waals surface area contributed by atoms with E-state index in [2.05, 4.69) is 5.32 Å². The largest absolute Gasteiger partial charge is 0.465 e. The van der Waals surface area contributed by atoms with Crippen LogP contribution in [0.15, 0.2) is 0 Å². The number of rotatable bonds is 1. The minimum atomic E-state index is -0.903. The molecule has 2 atom stereocenters. The lowest BCUT2D eigenvalue weighted by Gasteiger charge is -1.92. The summed E-state index contributed by atoms with van der Waals surface area (Å²) < 4.78 is 0. The van der Waals surface area contributed by atoms with Crippen LogP contribution < -0.4 is 5.32 Å². The van der Waals surface area contributed by atoms with Crippen molar-refractivity contribution >= 4 is 6.09 Å². The van der Waals surface area contributed by atoms with Crippen molar-refractivity contribution in [3.8, 4) is 0 Å². The second-order valence-electron chi connectivity index (χ2n) is 2.27. The highest BCUT2D eigenvalue weighted by molar-refractivity contribution is 5.65. The summed E-state index contributed by atoms with van der Waals surface area (Å²) in [7, 11) is 0. The van der Waals surface area contributed by atoms with Crippen LogP contribution in [0.3, 0.4) is 0 Å². The highest BCUT2D eigenvalue weighted by Gasteiger charge is 2.33. The topological polar surface area (TPSA) is 49.3 Å². The molecule has 1 aliphatic rings. The fraction of sp³-hybridized carbons (Fsp3) is 0.800. The van der Waals surface area contributed by atoms with Crippen LogP contribution in [-0.4, -0.2) is 17.2 Å². The Morgan fingerprint density at radius 1 is 1.88 bits per heavy atom. The Morgan fingerprint density at radius 2 is 2.38 bits per heavy atom. The smallest absolute Gasteiger partial charge is 0.404 e. The molecule has 3 nitrogen and oxygen atoms in total. The van der Waals surface area contributed by atoms with Gasteiger partial charge in [-0.25, -0.2) is 4.79 Å². The lowest BCUT2D eigenvalue weighted by atomic mass is 10.5. The Hall–Kier alpha value is -0.730. The van der Waals surface area contributed by atoms with Crippen molar-refractivity contribution in [2.24, 2.45) is 5.92 Å². The summed E-state index contributed by atoms with van der Waals surface area (Å²) in [6, 6.07) is 0.243. The summed E-state index contributed by atoms with van der Waals surface area (Å²) in [5.41, 5.74) is 0. The highest BCUT2D eigenvalue weighted by atomic mass is 16.4. The first-order valence-electron chi connectivity index (χ1n) is 2.69. The molecule has 0 aliphatic heterocycles. The minimum absolute atomic E-state index is 0.243. The van der Waals surface area contributed by atoms with Gasteiger partial charge in [-0.15, -0.1) is 0 Å². The highest BCUT2D eigenvalue weighted by Crippen LogP contribution is 2.28. The van der Waals surface area contributed by atoms with Gasteiger partial charge in [0, 0.05) is 6.04 Å². The van der Waals surface area contributed by atoms with Crippen LogP contribution in [0.4, 0.5) is 4.79 Å². The number of nitrogens with one attached hydrogen (secondary N) is 1. The molecular formula is C5H9NO2. The lowest BCUT2D eigenvalue weighted by Crippen LogP contribution is -2.23. The zero-order chi connectivity index (χ0) is 6.15. The maximum absolute atomic E-state index is 9.88. The van der Waals surface area contributed by atoms with E-state index < -0.39 is 6.09 Å². The van der Waals surface area contributed by atoms with Gasteiger partial charge in [-0.3, -0.25) is 0 Å². The first-order chi connectivity index (χ1) is 3.70. The fourth-order valence-corrected chi connectivity index (χ4v) is 0.682. The average molecular weight is 115 g/mol. The molecule has 1 rings (SSSR count). The molecule has 46 valence electrons. The van der Waals surface area contributed by atoms with Crippen LogP contribution in [0.25, 0.3) is 0 Å². The van der Waals surface area contributed by atoms with Crippen molar-refractivity contribution in [2.45, 2.75) is 19.4 Å². The van der Waals surface area contributed by atoms with E-state index in [1.807, 2.05) is 6.92 Å². The van der Waals surface area contributed by atoms with Crippen molar-refractivity contribution in [3.63, 3.8) is 0 Å². The van der Waals surface area contributed by atoms with Gasteiger partial charge in [0.2, 0.25) is 0 Å². The van der Waals surface area contributed by atoms with Crippen molar-refractivity contribution in [2.75, 3.05) is 0 Å². The van der Waals surface area contributed by atoms with Crippen molar-refractivity contribution < 1.29 is 9.90 Å². The Bertz CT molecular complexity index is 113. The van der Waals surface area contributed by atoms with E-state index in [9.17, 15) is 4.79 Å². The first-order valence-corrected chi connectivity index (χ1v) is 2.69. The van der Waals surface area contributed by atoms with E-state index >= 15 is 0 Å². The maximum atomic E-state index is 9.88. The van der Waals surface area contributed by atoms with E-state index in [4.69, 9.17) is 5.11 Å². The number of carbonyl (C=O) groups is 1. The summed E-state index contributed by atoms with van der Waals surface area (Å²) in [5, 5.41) is 10.5. The summed E-state index contributed by atoms with van der Waals surface area (Å²) in [5.74, 6) is 0.561. The molecule has 1 amide bonds. The zero-order valence-electron chi connectivity index (χ0n) is 4.72. The third kappa shape index (κ3) is 1.12. The first kappa shape index (κ1) is 5.41. The van der Waals surface area contributed by atoms with Crippen molar-refractivity contribution in [1.82, 2.24) is 5.32 Å². The lowest BCUT2D eigenvalue weighted by molar-refractivity contribution is 0.193. The monoisotopic (exact) mass is 115 g/mol. The third-order valence-corrected chi connectivity index (χ3v) is 1.42. The summed E-state index contributed by atoms with van der Waals surface area (Å²) >= 11 is 0.